The molecule has 0 atom stereocenters. The zero-order valence-electron chi connectivity index (χ0n) is 12.4. The van der Waals surface area contributed by atoms with Crippen LogP contribution in [-0.4, -0.2) is 13.4 Å². The lowest BCUT2D eigenvalue weighted by Gasteiger charge is -2.09. The quantitative estimate of drug-likeness (QED) is 0.606. The Morgan fingerprint density at radius 1 is 1.14 bits per heavy atom. The maximum atomic E-state index is 12.3. The fourth-order valence-electron chi connectivity index (χ4n) is 2.08. The molecule has 0 spiro atoms. The summed E-state index contributed by atoms with van der Waals surface area (Å²) in [6.45, 7) is 2.16. The van der Waals surface area contributed by atoms with Crippen molar-refractivity contribution < 1.29 is 8.42 Å². The van der Waals surface area contributed by atoms with Crippen LogP contribution < -0.4 is 4.72 Å². The predicted molar refractivity (Wildman–Crippen MR) is 89.7 cm³/mol. The summed E-state index contributed by atoms with van der Waals surface area (Å²) in [7, 11) is -3.65. The first-order chi connectivity index (χ1) is 10.5. The summed E-state index contributed by atoms with van der Waals surface area (Å²) in [5.74, 6) is 0. The SMILES string of the molecule is CCCCCc1ccc(S(=O)(=O)Nc2cccnc2Cl)cc1. The minimum absolute atomic E-state index is 0.127. The topological polar surface area (TPSA) is 59.1 Å². The van der Waals surface area contributed by atoms with Crippen LogP contribution >= 0.6 is 11.6 Å². The molecular formula is C16H19ClN2O2S. The third-order valence-electron chi connectivity index (χ3n) is 3.31. The summed E-state index contributed by atoms with van der Waals surface area (Å²) in [4.78, 5) is 4.07. The van der Waals surface area contributed by atoms with Crippen LogP contribution in [0.25, 0.3) is 0 Å². The van der Waals surface area contributed by atoms with Crippen LogP contribution in [0.2, 0.25) is 5.15 Å². The largest absolute Gasteiger partial charge is 0.276 e. The van der Waals surface area contributed by atoms with Crippen LogP contribution in [0.15, 0.2) is 47.5 Å². The summed E-state index contributed by atoms with van der Waals surface area (Å²) < 4.78 is 27.1. The molecule has 118 valence electrons. The highest BCUT2D eigenvalue weighted by atomic mass is 35.5. The third kappa shape index (κ3) is 4.45. The number of aryl methyl sites for hydroxylation is 1. The lowest BCUT2D eigenvalue weighted by atomic mass is 10.1. The van der Waals surface area contributed by atoms with Crippen molar-refractivity contribution in [2.45, 2.75) is 37.5 Å². The van der Waals surface area contributed by atoms with Crippen LogP contribution in [0.1, 0.15) is 31.7 Å². The third-order valence-corrected chi connectivity index (χ3v) is 4.99. The molecule has 0 saturated carbocycles. The van der Waals surface area contributed by atoms with Crippen LogP contribution in [0, 0.1) is 0 Å². The molecule has 1 heterocycles. The van der Waals surface area contributed by atoms with Crippen LogP contribution in [0.5, 0.6) is 0 Å². The van der Waals surface area contributed by atoms with Gasteiger partial charge < -0.3 is 0 Å². The minimum atomic E-state index is -3.65. The van der Waals surface area contributed by atoms with Crippen LogP contribution in [-0.2, 0) is 16.4 Å². The summed E-state index contributed by atoms with van der Waals surface area (Å²) in [6.07, 6.45) is 5.94. The molecule has 1 N–H and O–H groups in total. The van der Waals surface area contributed by atoms with E-state index >= 15 is 0 Å². The standard InChI is InChI=1S/C16H19ClN2O2S/c1-2-3-4-6-13-8-10-14(11-9-13)22(20,21)19-15-7-5-12-18-16(15)17/h5,7-12,19H,2-4,6H2,1H3. The molecule has 0 unspecified atom stereocenters. The van der Waals surface area contributed by atoms with Gasteiger partial charge in [-0.2, -0.15) is 0 Å². The number of aromatic nitrogens is 1. The van der Waals surface area contributed by atoms with Crippen molar-refractivity contribution in [3.63, 3.8) is 0 Å². The number of pyridine rings is 1. The Labute approximate surface area is 136 Å². The molecule has 0 radical (unpaired) electrons. The first-order valence-electron chi connectivity index (χ1n) is 7.25. The molecule has 0 saturated heterocycles. The molecular weight excluding hydrogens is 320 g/mol. The van der Waals surface area contributed by atoms with Gasteiger partial charge >= 0.3 is 0 Å². The Morgan fingerprint density at radius 3 is 2.50 bits per heavy atom. The van der Waals surface area contributed by atoms with Crippen molar-refractivity contribution in [3.05, 3.63) is 53.3 Å². The predicted octanol–water partition coefficient (Wildman–Crippen LogP) is 4.27. The van der Waals surface area contributed by atoms with E-state index in [0.717, 1.165) is 18.4 Å². The highest BCUT2D eigenvalue weighted by molar-refractivity contribution is 7.92. The number of hydrogen-bond acceptors (Lipinski definition) is 3. The van der Waals surface area contributed by atoms with Crippen molar-refractivity contribution in [3.8, 4) is 0 Å². The van der Waals surface area contributed by atoms with Gasteiger partial charge in [0.2, 0.25) is 0 Å². The molecule has 0 aliphatic heterocycles. The molecule has 0 aliphatic carbocycles. The van der Waals surface area contributed by atoms with Gasteiger partial charge in [-0.15, -0.1) is 0 Å². The van der Waals surface area contributed by atoms with Gasteiger partial charge in [0.05, 0.1) is 10.6 Å². The van der Waals surface area contributed by atoms with E-state index in [1.807, 2.05) is 12.1 Å². The van der Waals surface area contributed by atoms with Gasteiger partial charge in [-0.25, -0.2) is 13.4 Å². The van der Waals surface area contributed by atoms with Crippen molar-refractivity contribution >= 4 is 27.3 Å². The molecule has 0 amide bonds. The van der Waals surface area contributed by atoms with Crippen molar-refractivity contribution in [1.29, 1.82) is 0 Å². The molecule has 4 nitrogen and oxygen atoms in total. The van der Waals surface area contributed by atoms with E-state index in [2.05, 4.69) is 16.6 Å². The summed E-state index contributed by atoms with van der Waals surface area (Å²) in [5.41, 5.74) is 1.42. The van der Waals surface area contributed by atoms with E-state index in [-0.39, 0.29) is 15.7 Å². The number of unbranched alkanes of at least 4 members (excludes halogenated alkanes) is 2. The Balaban J connectivity index is 2.11. The van der Waals surface area contributed by atoms with Crippen molar-refractivity contribution in [2.75, 3.05) is 4.72 Å². The molecule has 0 aliphatic rings. The number of halogens is 1. The monoisotopic (exact) mass is 338 g/mol. The number of benzene rings is 1. The lowest BCUT2D eigenvalue weighted by molar-refractivity contribution is 0.601. The number of nitrogens with zero attached hydrogens (tertiary/aromatic N) is 1. The lowest BCUT2D eigenvalue weighted by Crippen LogP contribution is -2.13. The highest BCUT2D eigenvalue weighted by Gasteiger charge is 2.15. The average Bonchev–Trinajstić information content (AvgIpc) is 2.50. The average molecular weight is 339 g/mol. The maximum absolute atomic E-state index is 12.3. The molecule has 6 heteroatoms. The second kappa shape index (κ2) is 7.61. The van der Waals surface area contributed by atoms with E-state index in [4.69, 9.17) is 11.6 Å². The van der Waals surface area contributed by atoms with Gasteiger partial charge in [0.25, 0.3) is 10.0 Å². The van der Waals surface area contributed by atoms with Crippen LogP contribution in [0.3, 0.4) is 0 Å². The normalized spacial score (nSPS) is 11.4. The van der Waals surface area contributed by atoms with E-state index in [9.17, 15) is 8.42 Å². The summed E-state index contributed by atoms with van der Waals surface area (Å²) >= 11 is 5.88. The number of rotatable bonds is 7. The van der Waals surface area contributed by atoms with E-state index in [0.29, 0.717) is 0 Å². The molecule has 2 rings (SSSR count). The molecule has 1 aromatic carbocycles. The Kier molecular flexibility index (Phi) is 5.80. The summed E-state index contributed by atoms with van der Waals surface area (Å²) in [5, 5.41) is 0.127. The van der Waals surface area contributed by atoms with Crippen molar-refractivity contribution in [1.82, 2.24) is 4.98 Å². The molecule has 0 fully saturated rings. The minimum Gasteiger partial charge on any atom is -0.276 e. The number of hydrogen-bond donors (Lipinski definition) is 1. The number of nitrogens with one attached hydrogen (secondary N) is 1. The Hall–Kier alpha value is -1.59. The van der Waals surface area contributed by atoms with Crippen LogP contribution in [0.4, 0.5) is 5.69 Å². The van der Waals surface area contributed by atoms with E-state index in [1.165, 1.54) is 19.0 Å². The second-order valence-electron chi connectivity index (χ2n) is 5.05. The second-order valence-corrected chi connectivity index (χ2v) is 7.09. The van der Waals surface area contributed by atoms with Gasteiger partial charge in [-0.1, -0.05) is 43.5 Å². The first kappa shape index (κ1) is 16.8. The van der Waals surface area contributed by atoms with Gasteiger partial charge in [-0.05, 0) is 42.7 Å². The first-order valence-corrected chi connectivity index (χ1v) is 9.11. The van der Waals surface area contributed by atoms with E-state index in [1.54, 1.807) is 24.3 Å². The molecule has 2 aromatic rings. The Bertz CT molecular complexity index is 715. The van der Waals surface area contributed by atoms with Gasteiger partial charge in [0.1, 0.15) is 0 Å². The van der Waals surface area contributed by atoms with Gasteiger partial charge in [0, 0.05) is 6.20 Å². The number of anilines is 1. The molecule has 1 aromatic heterocycles. The van der Waals surface area contributed by atoms with Crippen molar-refractivity contribution in [2.24, 2.45) is 0 Å². The smallest absolute Gasteiger partial charge is 0.261 e. The fourth-order valence-corrected chi connectivity index (χ4v) is 3.37. The molecule has 22 heavy (non-hydrogen) atoms. The van der Waals surface area contributed by atoms with Gasteiger partial charge in [0.15, 0.2) is 5.15 Å². The van der Waals surface area contributed by atoms with Gasteiger partial charge in [-0.3, -0.25) is 4.72 Å². The summed E-state index contributed by atoms with van der Waals surface area (Å²) in [6, 6.07) is 10.2. The zero-order chi connectivity index (χ0) is 16.0. The number of sulfonamides is 1. The van der Waals surface area contributed by atoms with E-state index < -0.39 is 10.0 Å². The molecule has 0 bridgehead atoms. The zero-order valence-corrected chi connectivity index (χ0v) is 14.0. The maximum Gasteiger partial charge on any atom is 0.261 e. The highest BCUT2D eigenvalue weighted by Crippen LogP contribution is 2.22. The fraction of sp³-hybridized carbons (Fsp3) is 0.312. The Morgan fingerprint density at radius 2 is 1.86 bits per heavy atom.